The number of amides is 1. The third-order valence-electron chi connectivity index (χ3n) is 3.83. The van der Waals surface area contributed by atoms with Crippen LogP contribution in [-0.2, 0) is 25.5 Å². The molecular formula is C21H23NO6. The lowest BCUT2D eigenvalue weighted by molar-refractivity contribution is -0.146. The van der Waals surface area contributed by atoms with Crippen LogP contribution in [0.2, 0.25) is 0 Å². The van der Waals surface area contributed by atoms with E-state index in [4.69, 9.17) is 14.2 Å². The Balaban J connectivity index is 1.94. The van der Waals surface area contributed by atoms with Crippen LogP contribution in [0.3, 0.4) is 0 Å². The number of hydrogen-bond acceptors (Lipinski definition) is 6. The van der Waals surface area contributed by atoms with E-state index < -0.39 is 24.5 Å². The zero-order valence-corrected chi connectivity index (χ0v) is 16.1. The highest BCUT2D eigenvalue weighted by molar-refractivity contribution is 6.01. The Labute approximate surface area is 163 Å². The molecule has 1 amide bonds. The van der Waals surface area contributed by atoms with Gasteiger partial charge in [-0.15, -0.1) is 0 Å². The lowest BCUT2D eigenvalue weighted by atomic mass is 10.1. The van der Waals surface area contributed by atoms with Gasteiger partial charge in [0.1, 0.15) is 5.75 Å². The Morgan fingerprint density at radius 1 is 1.04 bits per heavy atom. The monoisotopic (exact) mass is 385 g/mol. The number of esters is 2. The Morgan fingerprint density at radius 2 is 1.79 bits per heavy atom. The van der Waals surface area contributed by atoms with Gasteiger partial charge in [0.15, 0.2) is 6.61 Å². The molecule has 28 heavy (non-hydrogen) atoms. The van der Waals surface area contributed by atoms with Gasteiger partial charge in [-0.2, -0.15) is 0 Å². The summed E-state index contributed by atoms with van der Waals surface area (Å²) in [7, 11) is 1.52. The number of para-hydroxylation sites is 1. The average Bonchev–Trinajstić information content (AvgIpc) is 2.67. The topological polar surface area (TPSA) is 90.9 Å². The highest BCUT2D eigenvalue weighted by Gasteiger charge is 2.16. The van der Waals surface area contributed by atoms with E-state index in [0.717, 1.165) is 5.56 Å². The van der Waals surface area contributed by atoms with E-state index in [1.54, 1.807) is 37.3 Å². The van der Waals surface area contributed by atoms with Gasteiger partial charge in [0.05, 0.1) is 31.4 Å². The molecule has 0 aliphatic heterocycles. The Kier molecular flexibility index (Phi) is 7.56. The molecule has 0 spiro atoms. The van der Waals surface area contributed by atoms with Crippen LogP contribution >= 0.6 is 0 Å². The Bertz CT molecular complexity index is 862. The van der Waals surface area contributed by atoms with Crippen LogP contribution in [0.4, 0.5) is 5.69 Å². The maximum Gasteiger partial charge on any atom is 0.340 e. The highest BCUT2D eigenvalue weighted by atomic mass is 16.5. The summed E-state index contributed by atoms with van der Waals surface area (Å²) in [5.74, 6) is -1.07. The van der Waals surface area contributed by atoms with E-state index >= 15 is 0 Å². The summed E-state index contributed by atoms with van der Waals surface area (Å²) < 4.78 is 15.2. The van der Waals surface area contributed by atoms with Crippen LogP contribution in [-0.4, -0.2) is 38.2 Å². The van der Waals surface area contributed by atoms with Crippen molar-refractivity contribution in [2.24, 2.45) is 0 Å². The molecule has 2 aromatic carbocycles. The molecule has 2 aromatic rings. The number of methoxy groups -OCH3 is 1. The van der Waals surface area contributed by atoms with Crippen molar-refractivity contribution in [2.75, 3.05) is 25.6 Å². The third-order valence-corrected chi connectivity index (χ3v) is 3.83. The van der Waals surface area contributed by atoms with Gasteiger partial charge in [-0.1, -0.05) is 29.8 Å². The lowest BCUT2D eigenvalue weighted by Crippen LogP contribution is -2.23. The fourth-order valence-corrected chi connectivity index (χ4v) is 2.56. The minimum absolute atomic E-state index is 0.0163. The predicted octanol–water partition coefficient (Wildman–Crippen LogP) is 2.90. The van der Waals surface area contributed by atoms with Gasteiger partial charge in [0.2, 0.25) is 0 Å². The van der Waals surface area contributed by atoms with Gasteiger partial charge in [-0.05, 0) is 32.0 Å². The first kappa shape index (κ1) is 21.0. The molecule has 7 heteroatoms. The summed E-state index contributed by atoms with van der Waals surface area (Å²) >= 11 is 0. The maximum absolute atomic E-state index is 12.1. The van der Waals surface area contributed by atoms with Crippen LogP contribution in [0, 0.1) is 6.92 Å². The summed E-state index contributed by atoms with van der Waals surface area (Å²) in [5.41, 5.74) is 2.19. The minimum atomic E-state index is -0.558. The second kappa shape index (κ2) is 10.1. The van der Waals surface area contributed by atoms with Crippen LogP contribution in [0.5, 0.6) is 5.75 Å². The highest BCUT2D eigenvalue weighted by Crippen LogP contribution is 2.20. The molecule has 2 rings (SSSR count). The van der Waals surface area contributed by atoms with E-state index in [1.807, 2.05) is 19.1 Å². The third kappa shape index (κ3) is 5.84. The van der Waals surface area contributed by atoms with Crippen LogP contribution in [0.1, 0.15) is 28.4 Å². The number of rotatable bonds is 8. The van der Waals surface area contributed by atoms with E-state index in [2.05, 4.69) is 5.32 Å². The van der Waals surface area contributed by atoms with Crippen molar-refractivity contribution < 1.29 is 28.6 Å². The van der Waals surface area contributed by atoms with Gasteiger partial charge in [0.25, 0.3) is 5.91 Å². The minimum Gasteiger partial charge on any atom is -0.496 e. The first-order valence-electron chi connectivity index (χ1n) is 8.79. The predicted molar refractivity (Wildman–Crippen MR) is 103 cm³/mol. The Morgan fingerprint density at radius 3 is 2.50 bits per heavy atom. The van der Waals surface area contributed by atoms with E-state index in [9.17, 15) is 14.4 Å². The SMILES string of the molecule is CCOC(=O)c1ccccc1NC(=O)COC(=O)Cc1cc(C)ccc1OC. The molecule has 0 radical (unpaired) electrons. The van der Waals surface area contributed by atoms with Crippen molar-refractivity contribution in [3.63, 3.8) is 0 Å². The Hall–Kier alpha value is -3.35. The summed E-state index contributed by atoms with van der Waals surface area (Å²) in [6, 6.07) is 11.9. The van der Waals surface area contributed by atoms with Crippen molar-refractivity contribution in [3.05, 3.63) is 59.2 Å². The fraction of sp³-hybridized carbons (Fsp3) is 0.286. The summed E-state index contributed by atoms with van der Waals surface area (Å²) in [5, 5.41) is 2.56. The summed E-state index contributed by atoms with van der Waals surface area (Å²) in [6.07, 6.45) is -0.0163. The van der Waals surface area contributed by atoms with Crippen molar-refractivity contribution in [1.29, 1.82) is 0 Å². The van der Waals surface area contributed by atoms with Crippen LogP contribution in [0.15, 0.2) is 42.5 Å². The quantitative estimate of drug-likeness (QED) is 0.703. The smallest absolute Gasteiger partial charge is 0.340 e. The van der Waals surface area contributed by atoms with Crippen LogP contribution < -0.4 is 10.1 Å². The number of nitrogens with one attached hydrogen (secondary N) is 1. The van der Waals surface area contributed by atoms with E-state index in [1.165, 1.54) is 7.11 Å². The standard InChI is InChI=1S/C21H23NO6/c1-4-27-21(25)16-7-5-6-8-17(16)22-19(23)13-28-20(24)12-15-11-14(2)9-10-18(15)26-3/h5-11H,4,12-13H2,1-3H3,(H,22,23). The second-order valence-electron chi connectivity index (χ2n) is 5.97. The molecule has 0 saturated carbocycles. The molecule has 0 bridgehead atoms. The molecule has 0 saturated heterocycles. The van der Waals surface area contributed by atoms with Gasteiger partial charge in [0, 0.05) is 5.56 Å². The zero-order valence-electron chi connectivity index (χ0n) is 16.1. The van der Waals surface area contributed by atoms with E-state index in [0.29, 0.717) is 17.0 Å². The number of benzene rings is 2. The normalized spacial score (nSPS) is 10.1. The first-order chi connectivity index (χ1) is 13.4. The van der Waals surface area contributed by atoms with Crippen molar-refractivity contribution in [2.45, 2.75) is 20.3 Å². The molecular weight excluding hydrogens is 362 g/mol. The van der Waals surface area contributed by atoms with Crippen LogP contribution in [0.25, 0.3) is 0 Å². The summed E-state index contributed by atoms with van der Waals surface area (Å²) in [6.45, 7) is 3.36. The number of aryl methyl sites for hydroxylation is 1. The van der Waals surface area contributed by atoms with E-state index in [-0.39, 0.29) is 18.6 Å². The van der Waals surface area contributed by atoms with Crippen molar-refractivity contribution in [1.82, 2.24) is 0 Å². The average molecular weight is 385 g/mol. The molecule has 0 unspecified atom stereocenters. The van der Waals surface area contributed by atoms with Gasteiger partial charge >= 0.3 is 11.9 Å². The lowest BCUT2D eigenvalue weighted by Gasteiger charge is -2.11. The molecule has 0 aliphatic rings. The zero-order chi connectivity index (χ0) is 20.5. The van der Waals surface area contributed by atoms with Gasteiger partial charge in [-0.3, -0.25) is 9.59 Å². The summed E-state index contributed by atoms with van der Waals surface area (Å²) in [4.78, 5) is 36.1. The first-order valence-corrected chi connectivity index (χ1v) is 8.79. The number of carbonyl (C=O) groups is 3. The number of ether oxygens (including phenoxy) is 3. The second-order valence-corrected chi connectivity index (χ2v) is 5.97. The molecule has 1 N–H and O–H groups in total. The molecule has 148 valence electrons. The van der Waals surface area contributed by atoms with Gasteiger partial charge < -0.3 is 19.5 Å². The van der Waals surface area contributed by atoms with Gasteiger partial charge in [-0.25, -0.2) is 4.79 Å². The number of hydrogen-bond donors (Lipinski definition) is 1. The van der Waals surface area contributed by atoms with Crippen molar-refractivity contribution >= 4 is 23.5 Å². The maximum atomic E-state index is 12.1. The molecule has 0 aromatic heterocycles. The molecule has 0 atom stereocenters. The molecule has 0 aliphatic carbocycles. The fourth-order valence-electron chi connectivity index (χ4n) is 2.56. The largest absolute Gasteiger partial charge is 0.496 e. The molecule has 0 heterocycles. The molecule has 7 nitrogen and oxygen atoms in total. The van der Waals surface area contributed by atoms with Crippen molar-refractivity contribution in [3.8, 4) is 5.75 Å². The molecule has 0 fully saturated rings. The number of carbonyl (C=O) groups excluding carboxylic acids is 3. The number of anilines is 1.